The Morgan fingerprint density at radius 1 is 1.24 bits per heavy atom. The second-order valence-electron chi connectivity index (χ2n) is 4.76. The van der Waals surface area contributed by atoms with Crippen LogP contribution in [0.3, 0.4) is 0 Å². The normalized spacial score (nSPS) is 19.1. The fraction of sp³-hybridized carbons (Fsp3) is 0.500. The van der Waals surface area contributed by atoms with Crippen LogP contribution in [0.25, 0.3) is 0 Å². The molecule has 1 aliphatic rings. The summed E-state index contributed by atoms with van der Waals surface area (Å²) < 4.78 is 27.1. The molecule has 1 heterocycles. The summed E-state index contributed by atoms with van der Waals surface area (Å²) in [6, 6.07) is 2.73. The molecule has 21 heavy (non-hydrogen) atoms. The first-order valence-corrected chi connectivity index (χ1v) is 8.87. The van der Waals surface area contributed by atoms with Gasteiger partial charge in [-0.3, -0.25) is 0 Å². The van der Waals surface area contributed by atoms with Gasteiger partial charge in [-0.25, -0.2) is 13.1 Å². The topological polar surface area (TPSA) is 58.2 Å². The number of nitrogens with one attached hydrogen (secondary N) is 2. The Kier molecular flexibility index (Phi) is 7.54. The van der Waals surface area contributed by atoms with Gasteiger partial charge in [-0.05, 0) is 44.0 Å². The standard InChI is InChI=1S/C12H15Cl3N2O2S.ClH/c13-9-4-10(14)12(11(15)5-9)20(18,19)17-7-8-2-1-3-16-6-8;/h4-5,8,16-17H,1-3,6-7H2;1H. The molecule has 120 valence electrons. The van der Waals surface area contributed by atoms with Gasteiger partial charge in [-0.1, -0.05) is 34.8 Å². The third kappa shape index (κ3) is 5.13. The molecule has 2 N–H and O–H groups in total. The summed E-state index contributed by atoms with van der Waals surface area (Å²) in [5.41, 5.74) is 0. The lowest BCUT2D eigenvalue weighted by Crippen LogP contribution is -2.38. The summed E-state index contributed by atoms with van der Waals surface area (Å²) in [6.07, 6.45) is 2.05. The fourth-order valence-electron chi connectivity index (χ4n) is 2.18. The maximum atomic E-state index is 12.3. The van der Waals surface area contributed by atoms with Crippen molar-refractivity contribution < 1.29 is 8.42 Å². The summed E-state index contributed by atoms with van der Waals surface area (Å²) in [7, 11) is -3.74. The van der Waals surface area contributed by atoms with Crippen molar-refractivity contribution in [3.8, 4) is 0 Å². The quantitative estimate of drug-likeness (QED) is 0.824. The number of hydrogen-bond acceptors (Lipinski definition) is 3. The van der Waals surface area contributed by atoms with E-state index in [1.165, 1.54) is 12.1 Å². The van der Waals surface area contributed by atoms with Crippen molar-refractivity contribution in [2.24, 2.45) is 5.92 Å². The zero-order chi connectivity index (χ0) is 14.8. The molecule has 9 heteroatoms. The molecular formula is C12H16Cl4N2O2S. The summed E-state index contributed by atoms with van der Waals surface area (Å²) in [5, 5.41) is 3.59. The molecule has 0 amide bonds. The number of benzene rings is 1. The Bertz CT molecular complexity index is 566. The van der Waals surface area contributed by atoms with E-state index in [1.807, 2.05) is 0 Å². The average molecular weight is 394 g/mol. The largest absolute Gasteiger partial charge is 0.316 e. The highest BCUT2D eigenvalue weighted by atomic mass is 35.5. The summed E-state index contributed by atoms with van der Waals surface area (Å²) in [6.45, 7) is 2.16. The van der Waals surface area contributed by atoms with Crippen molar-refractivity contribution in [3.05, 3.63) is 27.2 Å². The number of sulfonamides is 1. The minimum Gasteiger partial charge on any atom is -0.316 e. The number of rotatable bonds is 4. The Labute approximate surface area is 146 Å². The van der Waals surface area contributed by atoms with Gasteiger partial charge < -0.3 is 5.32 Å². The van der Waals surface area contributed by atoms with E-state index in [-0.39, 0.29) is 33.3 Å². The first-order chi connectivity index (χ1) is 9.40. The molecule has 1 fully saturated rings. The van der Waals surface area contributed by atoms with E-state index in [0.29, 0.717) is 11.6 Å². The highest BCUT2D eigenvalue weighted by Gasteiger charge is 2.24. The van der Waals surface area contributed by atoms with E-state index in [0.717, 1.165) is 25.9 Å². The van der Waals surface area contributed by atoms with Gasteiger partial charge in [0.05, 0.1) is 10.0 Å². The maximum Gasteiger partial charge on any atom is 0.243 e. The summed E-state index contributed by atoms with van der Waals surface area (Å²) in [5.74, 6) is 0.281. The molecule has 0 aromatic heterocycles. The van der Waals surface area contributed by atoms with Crippen LogP contribution in [0.2, 0.25) is 15.1 Å². The summed E-state index contributed by atoms with van der Waals surface area (Å²) >= 11 is 17.7. The smallest absolute Gasteiger partial charge is 0.243 e. The first kappa shape index (κ1) is 19.3. The fourth-order valence-corrected chi connectivity index (χ4v) is 4.84. The molecular weight excluding hydrogens is 378 g/mol. The van der Waals surface area contributed by atoms with Crippen LogP contribution in [0.5, 0.6) is 0 Å². The molecule has 0 spiro atoms. The second kappa shape index (κ2) is 8.20. The predicted octanol–water partition coefficient (Wildman–Crippen LogP) is 3.35. The number of halogens is 4. The predicted molar refractivity (Wildman–Crippen MR) is 89.5 cm³/mol. The van der Waals surface area contributed by atoms with Crippen LogP contribution >= 0.6 is 47.2 Å². The van der Waals surface area contributed by atoms with E-state index in [1.54, 1.807) is 0 Å². The van der Waals surface area contributed by atoms with Gasteiger partial charge in [0.2, 0.25) is 10.0 Å². The SMILES string of the molecule is Cl.O=S(=O)(NCC1CCCNC1)c1c(Cl)cc(Cl)cc1Cl. The molecule has 0 saturated carbocycles. The van der Waals surface area contributed by atoms with Crippen molar-refractivity contribution >= 4 is 57.2 Å². The van der Waals surface area contributed by atoms with Crippen molar-refractivity contribution in [3.63, 3.8) is 0 Å². The molecule has 1 atom stereocenters. The minimum atomic E-state index is -3.74. The minimum absolute atomic E-state index is 0. The van der Waals surface area contributed by atoms with Gasteiger partial charge >= 0.3 is 0 Å². The summed E-state index contributed by atoms with van der Waals surface area (Å²) in [4.78, 5) is -0.117. The van der Waals surface area contributed by atoms with Crippen LogP contribution in [0.15, 0.2) is 17.0 Å². The highest BCUT2D eigenvalue weighted by Crippen LogP contribution is 2.32. The lowest BCUT2D eigenvalue weighted by molar-refractivity contribution is 0.376. The highest BCUT2D eigenvalue weighted by molar-refractivity contribution is 7.89. The number of piperidine rings is 1. The Morgan fingerprint density at radius 3 is 2.38 bits per heavy atom. The molecule has 0 aliphatic carbocycles. The number of hydrogen-bond donors (Lipinski definition) is 2. The molecule has 4 nitrogen and oxygen atoms in total. The Morgan fingerprint density at radius 2 is 1.86 bits per heavy atom. The molecule has 1 saturated heterocycles. The van der Waals surface area contributed by atoms with Crippen molar-refractivity contribution in [2.45, 2.75) is 17.7 Å². The Hall–Kier alpha value is 0.250. The Balaban J connectivity index is 0.00000220. The van der Waals surface area contributed by atoms with Gasteiger partial charge in [-0.2, -0.15) is 0 Å². The van der Waals surface area contributed by atoms with Crippen LogP contribution in [0.1, 0.15) is 12.8 Å². The van der Waals surface area contributed by atoms with Crippen LogP contribution in [0.4, 0.5) is 0 Å². The van der Waals surface area contributed by atoms with Gasteiger partial charge in [-0.15, -0.1) is 12.4 Å². The monoisotopic (exact) mass is 392 g/mol. The van der Waals surface area contributed by atoms with Crippen LogP contribution < -0.4 is 10.0 Å². The molecule has 0 radical (unpaired) electrons. The van der Waals surface area contributed by atoms with E-state index >= 15 is 0 Å². The van der Waals surface area contributed by atoms with E-state index in [2.05, 4.69) is 10.0 Å². The molecule has 2 rings (SSSR count). The molecule has 1 unspecified atom stereocenters. The van der Waals surface area contributed by atoms with Gasteiger partial charge in [0.25, 0.3) is 0 Å². The lowest BCUT2D eigenvalue weighted by atomic mass is 10.0. The van der Waals surface area contributed by atoms with Crippen molar-refractivity contribution in [1.82, 2.24) is 10.0 Å². The van der Waals surface area contributed by atoms with E-state index in [9.17, 15) is 8.42 Å². The molecule has 1 aromatic rings. The average Bonchev–Trinajstić information content (AvgIpc) is 2.36. The van der Waals surface area contributed by atoms with Crippen LogP contribution in [-0.2, 0) is 10.0 Å². The maximum absolute atomic E-state index is 12.3. The molecule has 1 aliphatic heterocycles. The van der Waals surface area contributed by atoms with E-state index in [4.69, 9.17) is 34.8 Å². The van der Waals surface area contributed by atoms with Crippen molar-refractivity contribution in [1.29, 1.82) is 0 Å². The van der Waals surface area contributed by atoms with E-state index < -0.39 is 10.0 Å². The third-order valence-electron chi connectivity index (χ3n) is 3.19. The zero-order valence-electron chi connectivity index (χ0n) is 11.0. The second-order valence-corrected chi connectivity index (χ2v) is 7.72. The van der Waals surface area contributed by atoms with Crippen molar-refractivity contribution in [2.75, 3.05) is 19.6 Å². The zero-order valence-corrected chi connectivity index (χ0v) is 14.9. The lowest BCUT2D eigenvalue weighted by Gasteiger charge is -2.23. The molecule has 1 aromatic carbocycles. The van der Waals surface area contributed by atoms with Crippen LogP contribution in [0, 0.1) is 5.92 Å². The van der Waals surface area contributed by atoms with Gasteiger partial charge in [0.1, 0.15) is 4.90 Å². The van der Waals surface area contributed by atoms with Crippen LogP contribution in [-0.4, -0.2) is 28.1 Å². The third-order valence-corrected chi connectivity index (χ3v) is 5.76. The van der Waals surface area contributed by atoms with Gasteiger partial charge in [0.15, 0.2) is 0 Å². The van der Waals surface area contributed by atoms with Gasteiger partial charge in [0, 0.05) is 11.6 Å². The first-order valence-electron chi connectivity index (χ1n) is 6.25. The molecule has 0 bridgehead atoms.